The molecule has 0 unspecified atom stereocenters. The minimum absolute atomic E-state index is 0.149. The third-order valence-electron chi connectivity index (χ3n) is 3.65. The second kappa shape index (κ2) is 8.91. The molecule has 5 nitrogen and oxygen atoms in total. The maximum absolute atomic E-state index is 12.5. The van der Waals surface area contributed by atoms with E-state index in [0.717, 1.165) is 31.1 Å². The largest absolute Gasteiger partial charge is 0.341 e. The van der Waals surface area contributed by atoms with E-state index >= 15 is 0 Å². The molecule has 6 heteroatoms. The Morgan fingerprint density at radius 2 is 1.52 bits per heavy atom. The van der Waals surface area contributed by atoms with Gasteiger partial charge >= 0.3 is 0 Å². The lowest BCUT2D eigenvalue weighted by atomic mass is 10.1. The van der Waals surface area contributed by atoms with Crippen LogP contribution in [0.25, 0.3) is 0 Å². The van der Waals surface area contributed by atoms with Crippen LogP contribution < -0.4 is 4.31 Å². The molecular weight excluding hydrogens is 312 g/mol. The van der Waals surface area contributed by atoms with E-state index in [1.165, 1.54) is 4.31 Å². The average molecular weight is 340 g/mol. The second-order valence-electron chi connectivity index (χ2n) is 5.67. The Labute approximate surface area is 140 Å². The fourth-order valence-corrected chi connectivity index (χ4v) is 3.27. The van der Waals surface area contributed by atoms with Crippen molar-refractivity contribution in [2.75, 3.05) is 30.2 Å². The molecule has 0 aliphatic rings. The van der Waals surface area contributed by atoms with Gasteiger partial charge in [0.25, 0.3) is 0 Å². The van der Waals surface area contributed by atoms with Crippen LogP contribution in [0.5, 0.6) is 0 Å². The molecule has 0 spiro atoms. The fraction of sp³-hybridized carbons (Fsp3) is 0.588. The number of hydrogen-bond acceptors (Lipinski definition) is 3. The molecule has 1 amide bonds. The van der Waals surface area contributed by atoms with E-state index < -0.39 is 10.0 Å². The summed E-state index contributed by atoms with van der Waals surface area (Å²) in [5, 5.41) is 0. The van der Waals surface area contributed by atoms with Crippen molar-refractivity contribution in [3.63, 3.8) is 0 Å². The van der Waals surface area contributed by atoms with Gasteiger partial charge in [-0.2, -0.15) is 0 Å². The minimum atomic E-state index is -3.51. The summed E-state index contributed by atoms with van der Waals surface area (Å²) >= 11 is 0. The van der Waals surface area contributed by atoms with Gasteiger partial charge in [-0.15, -0.1) is 0 Å². The first kappa shape index (κ1) is 19.5. The van der Waals surface area contributed by atoms with Gasteiger partial charge in [-0.05, 0) is 37.0 Å². The normalized spacial score (nSPS) is 11.3. The summed E-state index contributed by atoms with van der Waals surface area (Å²) in [6.45, 7) is 7.21. The molecule has 1 rings (SSSR count). The monoisotopic (exact) mass is 340 g/mol. The molecule has 0 heterocycles. The smallest absolute Gasteiger partial charge is 0.243 e. The van der Waals surface area contributed by atoms with Gasteiger partial charge in [0.05, 0.1) is 11.9 Å². The number of aryl methyl sites for hydroxylation is 1. The van der Waals surface area contributed by atoms with Crippen LogP contribution >= 0.6 is 0 Å². The van der Waals surface area contributed by atoms with E-state index in [1.54, 1.807) is 17.0 Å². The number of anilines is 1. The van der Waals surface area contributed by atoms with Gasteiger partial charge in [0, 0.05) is 13.1 Å². The van der Waals surface area contributed by atoms with Gasteiger partial charge in [-0.25, -0.2) is 8.42 Å². The number of carbonyl (C=O) groups is 1. The Bertz CT molecular complexity index is 591. The zero-order valence-electron chi connectivity index (χ0n) is 14.6. The number of carbonyl (C=O) groups excluding carboxylic acids is 1. The molecule has 0 saturated heterocycles. The van der Waals surface area contributed by atoms with E-state index in [9.17, 15) is 13.2 Å². The number of benzene rings is 1. The highest BCUT2D eigenvalue weighted by molar-refractivity contribution is 7.92. The van der Waals surface area contributed by atoms with Crippen LogP contribution in [0.1, 0.15) is 39.2 Å². The Morgan fingerprint density at radius 1 is 1.00 bits per heavy atom. The lowest BCUT2D eigenvalue weighted by molar-refractivity contribution is -0.129. The molecule has 0 fully saturated rings. The first-order valence-electron chi connectivity index (χ1n) is 8.17. The quantitative estimate of drug-likeness (QED) is 0.694. The van der Waals surface area contributed by atoms with Gasteiger partial charge in [-0.3, -0.25) is 9.10 Å². The van der Waals surface area contributed by atoms with Crippen molar-refractivity contribution < 1.29 is 13.2 Å². The average Bonchev–Trinajstić information content (AvgIpc) is 2.51. The topological polar surface area (TPSA) is 57.7 Å². The predicted molar refractivity (Wildman–Crippen MR) is 95.2 cm³/mol. The number of hydrogen-bond donors (Lipinski definition) is 0. The molecular formula is C17H28N2O3S. The standard InChI is InChI=1S/C17H28N2O3S/c1-5-12-18(13-6-2)17(20)14-19(23(4,21)22)16-10-8-15(7-3)9-11-16/h8-11H,5-7,12-14H2,1-4H3. The van der Waals surface area contributed by atoms with Gasteiger partial charge in [-0.1, -0.05) is 32.9 Å². The molecule has 0 aliphatic heterocycles. The summed E-state index contributed by atoms with van der Waals surface area (Å²) in [5.74, 6) is -0.154. The van der Waals surface area contributed by atoms with Crippen LogP contribution in [-0.2, 0) is 21.2 Å². The van der Waals surface area contributed by atoms with Gasteiger partial charge in [0.1, 0.15) is 6.54 Å². The maximum Gasteiger partial charge on any atom is 0.243 e. The van der Waals surface area contributed by atoms with Crippen molar-refractivity contribution in [2.45, 2.75) is 40.0 Å². The maximum atomic E-state index is 12.5. The summed E-state index contributed by atoms with van der Waals surface area (Å²) in [6.07, 6.45) is 3.74. The highest BCUT2D eigenvalue weighted by Crippen LogP contribution is 2.19. The SMILES string of the molecule is CCCN(CCC)C(=O)CN(c1ccc(CC)cc1)S(C)(=O)=O. The fourth-order valence-electron chi connectivity index (χ4n) is 2.42. The molecule has 23 heavy (non-hydrogen) atoms. The summed E-state index contributed by atoms with van der Waals surface area (Å²) in [5.41, 5.74) is 1.66. The van der Waals surface area contributed by atoms with Gasteiger partial charge < -0.3 is 4.90 Å². The second-order valence-corrected chi connectivity index (χ2v) is 7.58. The number of rotatable bonds is 9. The van der Waals surface area contributed by atoms with E-state index in [0.29, 0.717) is 18.8 Å². The van der Waals surface area contributed by atoms with Crippen LogP contribution in [0, 0.1) is 0 Å². The van der Waals surface area contributed by atoms with Crippen molar-refractivity contribution in [1.29, 1.82) is 0 Å². The lowest BCUT2D eigenvalue weighted by Crippen LogP contribution is -2.43. The van der Waals surface area contributed by atoms with Crippen molar-refractivity contribution >= 4 is 21.6 Å². The van der Waals surface area contributed by atoms with Crippen LogP contribution in [0.2, 0.25) is 0 Å². The molecule has 1 aromatic rings. The Kier molecular flexibility index (Phi) is 7.55. The Morgan fingerprint density at radius 3 is 1.91 bits per heavy atom. The molecule has 0 radical (unpaired) electrons. The highest BCUT2D eigenvalue weighted by Gasteiger charge is 2.23. The van der Waals surface area contributed by atoms with Crippen molar-refractivity contribution in [3.8, 4) is 0 Å². The van der Waals surface area contributed by atoms with E-state index in [2.05, 4.69) is 0 Å². The molecule has 0 atom stereocenters. The van der Waals surface area contributed by atoms with Crippen LogP contribution in [0.15, 0.2) is 24.3 Å². The van der Waals surface area contributed by atoms with E-state index in [4.69, 9.17) is 0 Å². The first-order valence-corrected chi connectivity index (χ1v) is 10.0. The number of amides is 1. The summed E-state index contributed by atoms with van der Waals surface area (Å²) < 4.78 is 25.4. The summed E-state index contributed by atoms with van der Waals surface area (Å²) in [4.78, 5) is 14.2. The zero-order chi connectivity index (χ0) is 17.5. The summed E-state index contributed by atoms with van der Waals surface area (Å²) in [7, 11) is -3.51. The van der Waals surface area contributed by atoms with Crippen LogP contribution in [-0.4, -0.2) is 45.1 Å². The van der Waals surface area contributed by atoms with E-state index in [1.807, 2.05) is 32.9 Å². The molecule has 1 aromatic carbocycles. The first-order chi connectivity index (χ1) is 10.8. The lowest BCUT2D eigenvalue weighted by Gasteiger charge is -2.27. The highest BCUT2D eigenvalue weighted by atomic mass is 32.2. The predicted octanol–water partition coefficient (Wildman–Crippen LogP) is 2.66. The van der Waals surface area contributed by atoms with Crippen molar-refractivity contribution in [1.82, 2.24) is 4.90 Å². The molecule has 130 valence electrons. The Hall–Kier alpha value is -1.56. The Balaban J connectivity index is 3.00. The van der Waals surface area contributed by atoms with Crippen LogP contribution in [0.4, 0.5) is 5.69 Å². The zero-order valence-corrected chi connectivity index (χ0v) is 15.4. The van der Waals surface area contributed by atoms with Crippen molar-refractivity contribution in [3.05, 3.63) is 29.8 Å². The number of sulfonamides is 1. The van der Waals surface area contributed by atoms with Gasteiger partial charge in [0.15, 0.2) is 0 Å². The molecule has 0 bridgehead atoms. The van der Waals surface area contributed by atoms with Crippen molar-refractivity contribution in [2.24, 2.45) is 0 Å². The molecule has 0 aromatic heterocycles. The summed E-state index contributed by atoms with van der Waals surface area (Å²) in [6, 6.07) is 7.32. The van der Waals surface area contributed by atoms with Gasteiger partial charge in [0.2, 0.25) is 15.9 Å². The van der Waals surface area contributed by atoms with Crippen LogP contribution in [0.3, 0.4) is 0 Å². The molecule has 0 aliphatic carbocycles. The molecule has 0 saturated carbocycles. The molecule has 0 N–H and O–H groups in total. The number of nitrogens with zero attached hydrogens (tertiary/aromatic N) is 2. The third kappa shape index (κ3) is 5.86. The third-order valence-corrected chi connectivity index (χ3v) is 4.79. The van der Waals surface area contributed by atoms with E-state index in [-0.39, 0.29) is 12.5 Å². The minimum Gasteiger partial charge on any atom is -0.341 e.